The summed E-state index contributed by atoms with van der Waals surface area (Å²) in [6, 6.07) is 0. The minimum absolute atomic E-state index is 0.0445. The number of hydrogen-bond acceptors (Lipinski definition) is 5. The molecule has 2 aromatic rings. The Bertz CT molecular complexity index is 791. The van der Waals surface area contributed by atoms with Crippen molar-refractivity contribution in [1.82, 2.24) is 15.3 Å². The van der Waals surface area contributed by atoms with E-state index in [0.717, 1.165) is 11.3 Å². The molecule has 2 aromatic heterocycles. The minimum Gasteiger partial charge on any atom is -0.481 e. The second kappa shape index (κ2) is 6.27. The summed E-state index contributed by atoms with van der Waals surface area (Å²) in [4.78, 5) is 42.8. The maximum Gasteiger partial charge on any atom is 0.305 e. The van der Waals surface area contributed by atoms with Crippen LogP contribution in [0.5, 0.6) is 0 Å². The van der Waals surface area contributed by atoms with Crippen LogP contribution in [0, 0.1) is 6.92 Å². The second-order valence-electron chi connectivity index (χ2n) is 5.24. The molecule has 0 fully saturated rings. The van der Waals surface area contributed by atoms with E-state index in [9.17, 15) is 14.4 Å². The summed E-state index contributed by atoms with van der Waals surface area (Å²) >= 11 is 1.15. The van der Waals surface area contributed by atoms with Crippen molar-refractivity contribution in [3.05, 3.63) is 26.6 Å². The summed E-state index contributed by atoms with van der Waals surface area (Å²) in [5.74, 6) is -0.704. The van der Waals surface area contributed by atoms with E-state index in [0.29, 0.717) is 26.5 Å². The first kappa shape index (κ1) is 16.2. The molecule has 0 unspecified atom stereocenters. The molecule has 3 N–H and O–H groups in total. The first-order chi connectivity index (χ1) is 10.3. The Balaban J connectivity index is 2.38. The Hall–Kier alpha value is -2.22. The average molecular weight is 323 g/mol. The van der Waals surface area contributed by atoms with Gasteiger partial charge in [0.2, 0.25) is 0 Å². The first-order valence-corrected chi connectivity index (χ1v) is 7.66. The third kappa shape index (κ3) is 3.16. The van der Waals surface area contributed by atoms with Gasteiger partial charge in [-0.05, 0) is 12.5 Å². The summed E-state index contributed by atoms with van der Waals surface area (Å²) in [6.07, 6.45) is -0.147. The Morgan fingerprint density at radius 3 is 2.68 bits per heavy atom. The number of H-pyrrole nitrogens is 1. The Morgan fingerprint density at radius 1 is 1.41 bits per heavy atom. The van der Waals surface area contributed by atoms with Gasteiger partial charge in [0, 0.05) is 12.5 Å². The van der Waals surface area contributed by atoms with Gasteiger partial charge in [-0.15, -0.1) is 11.3 Å². The van der Waals surface area contributed by atoms with Gasteiger partial charge in [0.05, 0.1) is 16.7 Å². The molecule has 22 heavy (non-hydrogen) atoms. The monoisotopic (exact) mass is 323 g/mol. The van der Waals surface area contributed by atoms with Crippen molar-refractivity contribution in [2.24, 2.45) is 0 Å². The highest BCUT2D eigenvalue weighted by Crippen LogP contribution is 2.27. The third-order valence-corrected chi connectivity index (χ3v) is 4.38. The van der Waals surface area contributed by atoms with Crippen LogP contribution < -0.4 is 10.9 Å². The smallest absolute Gasteiger partial charge is 0.305 e. The molecule has 2 heterocycles. The highest BCUT2D eigenvalue weighted by Gasteiger charge is 2.19. The van der Waals surface area contributed by atoms with Crippen molar-refractivity contribution in [3.8, 4) is 0 Å². The van der Waals surface area contributed by atoms with Crippen LogP contribution in [0.2, 0.25) is 0 Å². The lowest BCUT2D eigenvalue weighted by molar-refractivity contribution is -0.136. The summed E-state index contributed by atoms with van der Waals surface area (Å²) in [5.41, 5.74) is 0.309. The number of fused-ring (bicyclic) bond motifs is 1. The molecule has 7 nitrogen and oxygen atoms in total. The lowest BCUT2D eigenvalue weighted by Crippen LogP contribution is -2.25. The summed E-state index contributed by atoms with van der Waals surface area (Å²) in [5, 5.41) is 11.5. The Labute approximate surface area is 130 Å². The van der Waals surface area contributed by atoms with E-state index in [1.165, 1.54) is 0 Å². The largest absolute Gasteiger partial charge is 0.481 e. The molecule has 2 rings (SSSR count). The van der Waals surface area contributed by atoms with Crippen molar-refractivity contribution in [1.29, 1.82) is 0 Å². The fourth-order valence-electron chi connectivity index (χ4n) is 2.01. The molecule has 0 aliphatic carbocycles. The van der Waals surface area contributed by atoms with E-state index in [1.54, 1.807) is 6.92 Å². The van der Waals surface area contributed by atoms with Gasteiger partial charge in [0.25, 0.3) is 11.5 Å². The van der Waals surface area contributed by atoms with Gasteiger partial charge in [-0.25, -0.2) is 4.98 Å². The molecule has 118 valence electrons. The molecule has 0 radical (unpaired) electrons. The van der Waals surface area contributed by atoms with Gasteiger partial charge < -0.3 is 15.4 Å². The van der Waals surface area contributed by atoms with Gasteiger partial charge >= 0.3 is 5.97 Å². The van der Waals surface area contributed by atoms with Gasteiger partial charge in [0.15, 0.2) is 0 Å². The number of aryl methyl sites for hydroxylation is 1. The molecule has 0 saturated carbocycles. The number of nitrogens with zero attached hydrogens (tertiary/aromatic N) is 1. The van der Waals surface area contributed by atoms with Gasteiger partial charge in [-0.2, -0.15) is 0 Å². The van der Waals surface area contributed by atoms with Crippen LogP contribution in [0.15, 0.2) is 4.79 Å². The van der Waals surface area contributed by atoms with E-state index in [2.05, 4.69) is 15.3 Å². The Morgan fingerprint density at radius 2 is 2.09 bits per heavy atom. The number of carboxylic acids is 1. The van der Waals surface area contributed by atoms with Gasteiger partial charge in [0.1, 0.15) is 10.7 Å². The zero-order chi connectivity index (χ0) is 16.4. The van der Waals surface area contributed by atoms with Crippen molar-refractivity contribution < 1.29 is 14.7 Å². The Kier molecular flexibility index (Phi) is 4.60. The van der Waals surface area contributed by atoms with E-state index < -0.39 is 5.97 Å². The number of carbonyl (C=O) groups is 2. The fourth-order valence-corrected chi connectivity index (χ4v) is 3.12. The summed E-state index contributed by atoms with van der Waals surface area (Å²) < 4.78 is 0. The third-order valence-electron chi connectivity index (χ3n) is 3.20. The normalized spacial score (nSPS) is 11.1. The van der Waals surface area contributed by atoms with Crippen LogP contribution in [0.25, 0.3) is 10.2 Å². The predicted octanol–water partition coefficient (Wildman–Crippen LogP) is 1.62. The number of hydrogen-bond donors (Lipinski definition) is 3. The number of carboxylic acid groups (broad SMARTS) is 1. The predicted molar refractivity (Wildman–Crippen MR) is 83.7 cm³/mol. The van der Waals surface area contributed by atoms with Gasteiger partial charge in [-0.1, -0.05) is 13.8 Å². The number of nitrogens with one attached hydrogen (secondary N) is 2. The summed E-state index contributed by atoms with van der Waals surface area (Å²) in [6.45, 7) is 5.58. The van der Waals surface area contributed by atoms with E-state index in [4.69, 9.17) is 5.11 Å². The van der Waals surface area contributed by atoms with Crippen LogP contribution in [0.1, 0.15) is 47.2 Å². The SMILES string of the molecule is Cc1c(C(=O)NCCC(=O)O)sc2nc(C(C)C)[nH]c(=O)c12. The minimum atomic E-state index is -0.979. The number of amides is 1. The highest BCUT2D eigenvalue weighted by molar-refractivity contribution is 7.20. The molecule has 0 aliphatic heterocycles. The van der Waals surface area contributed by atoms with Crippen LogP contribution >= 0.6 is 11.3 Å². The highest BCUT2D eigenvalue weighted by atomic mass is 32.1. The van der Waals surface area contributed by atoms with Crippen LogP contribution in [0.4, 0.5) is 0 Å². The molecule has 0 bridgehead atoms. The van der Waals surface area contributed by atoms with Crippen LogP contribution in [-0.2, 0) is 4.79 Å². The molecule has 8 heteroatoms. The van der Waals surface area contributed by atoms with E-state index in [-0.39, 0.29) is 30.3 Å². The molecular formula is C14H17N3O4S. The van der Waals surface area contributed by atoms with Crippen LogP contribution in [-0.4, -0.2) is 33.5 Å². The topological polar surface area (TPSA) is 112 Å². The number of carbonyl (C=O) groups excluding carboxylic acids is 1. The molecule has 0 saturated heterocycles. The first-order valence-electron chi connectivity index (χ1n) is 6.84. The van der Waals surface area contributed by atoms with E-state index >= 15 is 0 Å². The number of rotatable bonds is 5. The maximum absolute atomic E-state index is 12.2. The zero-order valence-electron chi connectivity index (χ0n) is 12.5. The van der Waals surface area contributed by atoms with E-state index in [1.807, 2.05) is 13.8 Å². The van der Waals surface area contributed by atoms with Crippen molar-refractivity contribution in [2.45, 2.75) is 33.1 Å². The molecular weight excluding hydrogens is 306 g/mol. The van der Waals surface area contributed by atoms with Crippen molar-refractivity contribution in [3.63, 3.8) is 0 Å². The number of thiophene rings is 1. The lowest BCUT2D eigenvalue weighted by atomic mass is 10.2. The average Bonchev–Trinajstić information content (AvgIpc) is 2.75. The number of aromatic nitrogens is 2. The summed E-state index contributed by atoms with van der Waals surface area (Å²) in [7, 11) is 0. The van der Waals surface area contributed by atoms with Crippen LogP contribution in [0.3, 0.4) is 0 Å². The van der Waals surface area contributed by atoms with Gasteiger partial charge in [-0.3, -0.25) is 14.4 Å². The van der Waals surface area contributed by atoms with Crippen molar-refractivity contribution in [2.75, 3.05) is 6.54 Å². The molecule has 0 aromatic carbocycles. The molecule has 0 spiro atoms. The molecule has 0 aliphatic rings. The molecule has 0 atom stereocenters. The number of aromatic amines is 1. The second-order valence-corrected chi connectivity index (χ2v) is 6.24. The van der Waals surface area contributed by atoms with Crippen molar-refractivity contribution >= 4 is 33.4 Å². The zero-order valence-corrected chi connectivity index (χ0v) is 13.3. The maximum atomic E-state index is 12.2. The molecule has 1 amide bonds. The lowest BCUT2D eigenvalue weighted by Gasteiger charge is -2.03. The standard InChI is InChI=1S/C14H17N3O4S/c1-6(2)11-16-12(20)9-7(3)10(22-14(9)17-11)13(21)15-5-4-8(18)19/h6H,4-5H2,1-3H3,(H,15,21)(H,18,19)(H,16,17,20). The number of aliphatic carboxylic acids is 1. The quantitative estimate of drug-likeness (QED) is 0.774. The fraction of sp³-hybridized carbons (Fsp3) is 0.429.